The summed E-state index contributed by atoms with van der Waals surface area (Å²) in [6.45, 7) is -0.497. The Morgan fingerprint density at radius 1 is 1.31 bits per heavy atom. The topological polar surface area (TPSA) is 46.2 Å². The standard InChI is InChI=1S/C9H9F4NO.ClH/c10-7-2-1-5(8(14)4-15)3-6(7)9(11,12)13;/h1-3,8,15H,4,14H2;1H/t8-;/m1./s1. The lowest BCUT2D eigenvalue weighted by Gasteiger charge is -2.13. The molecule has 0 aliphatic carbocycles. The summed E-state index contributed by atoms with van der Waals surface area (Å²) in [6.07, 6.45) is -4.75. The maximum Gasteiger partial charge on any atom is 0.419 e. The van der Waals surface area contributed by atoms with Crippen LogP contribution >= 0.6 is 12.4 Å². The normalized spacial score (nSPS) is 13.1. The lowest BCUT2D eigenvalue weighted by Crippen LogP contribution is -2.16. The van der Waals surface area contributed by atoms with Gasteiger partial charge in [0, 0.05) is 0 Å². The Bertz CT molecular complexity index is 356. The first-order valence-corrected chi connectivity index (χ1v) is 4.09. The molecule has 0 radical (unpaired) electrons. The van der Waals surface area contributed by atoms with Gasteiger partial charge >= 0.3 is 6.18 Å². The summed E-state index contributed by atoms with van der Waals surface area (Å²) in [6, 6.07) is 1.47. The van der Waals surface area contributed by atoms with Crippen LogP contribution < -0.4 is 5.73 Å². The highest BCUT2D eigenvalue weighted by molar-refractivity contribution is 5.85. The zero-order chi connectivity index (χ0) is 11.6. The van der Waals surface area contributed by atoms with Gasteiger partial charge in [-0.25, -0.2) is 4.39 Å². The first-order chi connectivity index (χ1) is 6.86. The SMILES string of the molecule is Cl.N[C@H](CO)c1ccc(F)c(C(F)(F)F)c1. The summed E-state index contributed by atoms with van der Waals surface area (Å²) in [7, 11) is 0. The number of aliphatic hydroxyl groups is 1. The Kier molecular flexibility index (Phi) is 5.18. The van der Waals surface area contributed by atoms with Crippen molar-refractivity contribution in [1.82, 2.24) is 0 Å². The van der Waals surface area contributed by atoms with Gasteiger partial charge in [-0.2, -0.15) is 13.2 Å². The molecule has 0 aliphatic rings. The van der Waals surface area contributed by atoms with Gasteiger partial charge in [-0.05, 0) is 17.7 Å². The molecule has 0 fully saturated rings. The summed E-state index contributed by atoms with van der Waals surface area (Å²) in [5.74, 6) is -1.35. The van der Waals surface area contributed by atoms with Gasteiger partial charge in [-0.3, -0.25) is 0 Å². The van der Waals surface area contributed by atoms with Crippen molar-refractivity contribution in [2.45, 2.75) is 12.2 Å². The van der Waals surface area contributed by atoms with Gasteiger partial charge in [-0.1, -0.05) is 6.07 Å². The third kappa shape index (κ3) is 3.33. The molecule has 0 saturated heterocycles. The first kappa shape index (κ1) is 15.2. The second-order valence-corrected chi connectivity index (χ2v) is 3.03. The molecule has 2 nitrogen and oxygen atoms in total. The lowest BCUT2D eigenvalue weighted by atomic mass is 10.0. The molecule has 3 N–H and O–H groups in total. The molecule has 1 aromatic rings. The largest absolute Gasteiger partial charge is 0.419 e. The Balaban J connectivity index is 0.00000225. The van der Waals surface area contributed by atoms with Gasteiger partial charge in [0.2, 0.25) is 0 Å². The van der Waals surface area contributed by atoms with E-state index in [9.17, 15) is 17.6 Å². The minimum Gasteiger partial charge on any atom is -0.394 e. The molecular weight excluding hydrogens is 250 g/mol. The predicted octanol–water partition coefficient (Wildman–Crippen LogP) is 2.26. The summed E-state index contributed by atoms with van der Waals surface area (Å²) in [4.78, 5) is 0. The van der Waals surface area contributed by atoms with Gasteiger partial charge in [0.1, 0.15) is 5.82 Å². The minimum absolute atomic E-state index is 0. The molecule has 92 valence electrons. The van der Waals surface area contributed by atoms with Crippen LogP contribution in [0, 0.1) is 5.82 Å². The second kappa shape index (κ2) is 5.47. The molecule has 7 heteroatoms. The highest BCUT2D eigenvalue weighted by atomic mass is 35.5. The van der Waals surface area contributed by atoms with E-state index in [1.165, 1.54) is 0 Å². The molecule has 1 atom stereocenters. The fraction of sp³-hybridized carbons (Fsp3) is 0.333. The third-order valence-electron chi connectivity index (χ3n) is 1.92. The highest BCUT2D eigenvalue weighted by Gasteiger charge is 2.34. The van der Waals surface area contributed by atoms with Gasteiger partial charge in [0.15, 0.2) is 0 Å². The summed E-state index contributed by atoms with van der Waals surface area (Å²) < 4.78 is 49.6. The molecule has 0 aromatic heterocycles. The molecule has 0 saturated carbocycles. The number of alkyl halides is 3. The number of nitrogens with two attached hydrogens (primary N) is 1. The molecule has 0 amide bonds. The molecular formula is C9H10ClF4NO. The van der Waals surface area contributed by atoms with Crippen molar-refractivity contribution in [2.24, 2.45) is 5.73 Å². The van der Waals surface area contributed by atoms with Crippen LogP contribution in [0.4, 0.5) is 17.6 Å². The van der Waals surface area contributed by atoms with Crippen LogP contribution in [0.5, 0.6) is 0 Å². The van der Waals surface area contributed by atoms with Crippen LogP contribution in [-0.2, 0) is 6.18 Å². The number of halogens is 5. The first-order valence-electron chi connectivity index (χ1n) is 4.09. The monoisotopic (exact) mass is 259 g/mol. The third-order valence-corrected chi connectivity index (χ3v) is 1.92. The van der Waals surface area contributed by atoms with Crippen LogP contribution in [-0.4, -0.2) is 11.7 Å². The molecule has 0 spiro atoms. The number of hydrogen-bond acceptors (Lipinski definition) is 2. The van der Waals surface area contributed by atoms with E-state index in [0.717, 1.165) is 6.07 Å². The smallest absolute Gasteiger partial charge is 0.394 e. The van der Waals surface area contributed by atoms with Crippen LogP contribution in [0.2, 0.25) is 0 Å². The Morgan fingerprint density at radius 3 is 2.31 bits per heavy atom. The van der Waals surface area contributed by atoms with E-state index in [0.29, 0.717) is 12.1 Å². The molecule has 16 heavy (non-hydrogen) atoms. The van der Waals surface area contributed by atoms with E-state index in [1.54, 1.807) is 0 Å². The molecule has 0 aliphatic heterocycles. The van der Waals surface area contributed by atoms with Crippen molar-refractivity contribution in [3.63, 3.8) is 0 Å². The van der Waals surface area contributed by atoms with E-state index in [1.807, 2.05) is 0 Å². The van der Waals surface area contributed by atoms with E-state index >= 15 is 0 Å². The zero-order valence-electron chi connectivity index (χ0n) is 7.96. The summed E-state index contributed by atoms with van der Waals surface area (Å²) >= 11 is 0. The van der Waals surface area contributed by atoms with Crippen LogP contribution in [0.15, 0.2) is 18.2 Å². The fourth-order valence-corrected chi connectivity index (χ4v) is 1.10. The Morgan fingerprint density at radius 2 is 1.88 bits per heavy atom. The fourth-order valence-electron chi connectivity index (χ4n) is 1.10. The van der Waals surface area contributed by atoms with Crippen molar-refractivity contribution >= 4 is 12.4 Å². The maximum absolute atomic E-state index is 12.8. The van der Waals surface area contributed by atoms with Crippen LogP contribution in [0.1, 0.15) is 17.2 Å². The lowest BCUT2D eigenvalue weighted by molar-refractivity contribution is -0.140. The van der Waals surface area contributed by atoms with Gasteiger partial charge in [0.05, 0.1) is 18.2 Å². The van der Waals surface area contributed by atoms with Crippen LogP contribution in [0.3, 0.4) is 0 Å². The average Bonchev–Trinajstić information content (AvgIpc) is 2.15. The summed E-state index contributed by atoms with van der Waals surface area (Å²) in [5, 5.41) is 8.65. The van der Waals surface area contributed by atoms with E-state index in [2.05, 4.69) is 0 Å². The number of aliphatic hydroxyl groups excluding tert-OH is 1. The molecule has 0 unspecified atom stereocenters. The Hall–Kier alpha value is -0.850. The second-order valence-electron chi connectivity index (χ2n) is 3.03. The number of benzene rings is 1. The zero-order valence-corrected chi connectivity index (χ0v) is 8.78. The van der Waals surface area contributed by atoms with E-state index in [-0.39, 0.29) is 18.0 Å². The molecule has 0 bridgehead atoms. The van der Waals surface area contributed by atoms with Gasteiger partial charge < -0.3 is 10.8 Å². The molecule has 1 rings (SSSR count). The maximum atomic E-state index is 12.8. The van der Waals surface area contributed by atoms with E-state index in [4.69, 9.17) is 10.8 Å². The highest BCUT2D eigenvalue weighted by Crippen LogP contribution is 2.32. The van der Waals surface area contributed by atoms with E-state index < -0.39 is 30.2 Å². The van der Waals surface area contributed by atoms with Gasteiger partial charge in [0.25, 0.3) is 0 Å². The number of rotatable bonds is 2. The minimum atomic E-state index is -4.75. The van der Waals surface area contributed by atoms with Gasteiger partial charge in [-0.15, -0.1) is 12.4 Å². The van der Waals surface area contributed by atoms with Crippen molar-refractivity contribution in [3.8, 4) is 0 Å². The van der Waals surface area contributed by atoms with Crippen molar-refractivity contribution in [2.75, 3.05) is 6.61 Å². The summed E-state index contributed by atoms with van der Waals surface area (Å²) in [5.41, 5.74) is 3.99. The van der Waals surface area contributed by atoms with Crippen molar-refractivity contribution in [3.05, 3.63) is 35.1 Å². The molecule has 0 heterocycles. The molecule has 1 aromatic carbocycles. The number of hydrogen-bond donors (Lipinski definition) is 2. The average molecular weight is 260 g/mol. The predicted molar refractivity (Wildman–Crippen MR) is 52.7 cm³/mol. The van der Waals surface area contributed by atoms with Crippen LogP contribution in [0.25, 0.3) is 0 Å². The van der Waals surface area contributed by atoms with Crippen molar-refractivity contribution in [1.29, 1.82) is 0 Å². The Labute approximate surface area is 95.5 Å². The quantitative estimate of drug-likeness (QED) is 0.801. The van der Waals surface area contributed by atoms with Crippen molar-refractivity contribution < 1.29 is 22.7 Å².